The van der Waals surface area contributed by atoms with E-state index in [1.54, 1.807) is 23.1 Å². The lowest BCUT2D eigenvalue weighted by Gasteiger charge is -2.07. The smallest absolute Gasteiger partial charge is 0.225 e. The highest BCUT2D eigenvalue weighted by Gasteiger charge is 2.10. The molecule has 0 spiro atoms. The molecule has 1 N–H and O–H groups in total. The first-order valence-corrected chi connectivity index (χ1v) is 8.69. The molecular formula is C16H17N3S2. The first-order chi connectivity index (χ1) is 10.3. The van der Waals surface area contributed by atoms with Gasteiger partial charge in [0.05, 0.1) is 0 Å². The maximum atomic E-state index is 4.68. The number of thiophene rings is 1. The minimum Gasteiger partial charge on any atom is -0.354 e. The van der Waals surface area contributed by atoms with Gasteiger partial charge in [0.1, 0.15) is 9.86 Å². The molecule has 0 aliphatic carbocycles. The fourth-order valence-electron chi connectivity index (χ4n) is 1.94. The van der Waals surface area contributed by atoms with Crippen molar-refractivity contribution in [2.75, 3.05) is 11.9 Å². The van der Waals surface area contributed by atoms with Gasteiger partial charge in [0, 0.05) is 16.8 Å². The first kappa shape index (κ1) is 14.4. The number of benzene rings is 1. The molecule has 21 heavy (non-hydrogen) atoms. The van der Waals surface area contributed by atoms with Gasteiger partial charge >= 0.3 is 0 Å². The molecule has 108 valence electrons. The van der Waals surface area contributed by atoms with Crippen molar-refractivity contribution in [2.24, 2.45) is 0 Å². The Labute approximate surface area is 132 Å². The standard InChI is InChI=1S/C16H17N3S2/c1-3-9-17-16-18-14-13(8-10-20-14)15(19-16)21-12-6-4-11(2)5-7-12/h4-8,10H,3,9H2,1-2H3,(H,17,18,19). The van der Waals surface area contributed by atoms with Crippen LogP contribution in [-0.4, -0.2) is 16.5 Å². The molecule has 0 aliphatic heterocycles. The molecule has 0 bridgehead atoms. The van der Waals surface area contributed by atoms with Crippen molar-refractivity contribution in [2.45, 2.75) is 30.2 Å². The lowest BCUT2D eigenvalue weighted by molar-refractivity contribution is 0.947. The highest BCUT2D eigenvalue weighted by Crippen LogP contribution is 2.34. The van der Waals surface area contributed by atoms with Crippen LogP contribution in [0.1, 0.15) is 18.9 Å². The zero-order valence-corrected chi connectivity index (χ0v) is 13.7. The third kappa shape index (κ3) is 3.36. The van der Waals surface area contributed by atoms with Gasteiger partial charge in [-0.3, -0.25) is 0 Å². The number of anilines is 1. The monoisotopic (exact) mass is 315 g/mol. The molecule has 0 aliphatic rings. The van der Waals surface area contributed by atoms with Gasteiger partial charge < -0.3 is 5.32 Å². The number of nitrogens with one attached hydrogen (secondary N) is 1. The van der Waals surface area contributed by atoms with E-state index in [0.29, 0.717) is 0 Å². The van der Waals surface area contributed by atoms with Crippen LogP contribution in [-0.2, 0) is 0 Å². The molecule has 2 aromatic heterocycles. The highest BCUT2D eigenvalue weighted by atomic mass is 32.2. The predicted molar refractivity (Wildman–Crippen MR) is 91.5 cm³/mol. The summed E-state index contributed by atoms with van der Waals surface area (Å²) in [6.45, 7) is 5.13. The van der Waals surface area contributed by atoms with Gasteiger partial charge in [0.2, 0.25) is 5.95 Å². The molecule has 3 nitrogen and oxygen atoms in total. The van der Waals surface area contributed by atoms with Gasteiger partial charge in [-0.15, -0.1) is 11.3 Å². The van der Waals surface area contributed by atoms with Crippen LogP contribution in [0.15, 0.2) is 45.6 Å². The largest absolute Gasteiger partial charge is 0.354 e. The molecule has 0 fully saturated rings. The van der Waals surface area contributed by atoms with E-state index in [2.05, 4.69) is 64.8 Å². The van der Waals surface area contributed by atoms with Gasteiger partial charge in [0.25, 0.3) is 0 Å². The number of fused-ring (bicyclic) bond motifs is 1. The SMILES string of the molecule is CCCNc1nc(Sc2ccc(C)cc2)c2ccsc2n1. The van der Waals surface area contributed by atoms with Gasteiger partial charge in [-0.1, -0.05) is 36.4 Å². The van der Waals surface area contributed by atoms with Gasteiger partial charge in [-0.25, -0.2) is 9.97 Å². The number of aromatic nitrogens is 2. The number of nitrogens with zero attached hydrogens (tertiary/aromatic N) is 2. The Balaban J connectivity index is 1.95. The lowest BCUT2D eigenvalue weighted by atomic mass is 10.2. The minimum atomic E-state index is 0.724. The normalized spacial score (nSPS) is 11.0. The second-order valence-electron chi connectivity index (χ2n) is 4.83. The molecule has 0 saturated heterocycles. The third-order valence-electron chi connectivity index (χ3n) is 3.06. The fourth-order valence-corrected chi connectivity index (χ4v) is 3.67. The van der Waals surface area contributed by atoms with Crippen molar-refractivity contribution in [1.29, 1.82) is 0 Å². The molecule has 1 aromatic carbocycles. The van der Waals surface area contributed by atoms with Crippen LogP contribution in [0.5, 0.6) is 0 Å². The summed E-state index contributed by atoms with van der Waals surface area (Å²) < 4.78 is 0. The quantitative estimate of drug-likeness (QED) is 0.674. The fraction of sp³-hybridized carbons (Fsp3) is 0.250. The molecule has 3 aromatic rings. The van der Waals surface area contributed by atoms with Gasteiger partial charge in [-0.2, -0.15) is 0 Å². The van der Waals surface area contributed by atoms with E-state index < -0.39 is 0 Å². The summed E-state index contributed by atoms with van der Waals surface area (Å²) in [4.78, 5) is 11.5. The van der Waals surface area contributed by atoms with Crippen LogP contribution in [0.25, 0.3) is 10.2 Å². The summed E-state index contributed by atoms with van der Waals surface area (Å²) in [6.07, 6.45) is 1.06. The summed E-state index contributed by atoms with van der Waals surface area (Å²) >= 11 is 3.35. The van der Waals surface area contributed by atoms with E-state index in [9.17, 15) is 0 Å². The van der Waals surface area contributed by atoms with Crippen molar-refractivity contribution >= 4 is 39.3 Å². The Bertz CT molecular complexity index is 735. The topological polar surface area (TPSA) is 37.8 Å². The zero-order valence-electron chi connectivity index (χ0n) is 12.1. The van der Waals surface area contributed by atoms with Crippen LogP contribution in [0.3, 0.4) is 0 Å². The maximum Gasteiger partial charge on any atom is 0.225 e. The Morgan fingerprint density at radius 1 is 1.14 bits per heavy atom. The summed E-state index contributed by atoms with van der Waals surface area (Å²) in [7, 11) is 0. The number of hydrogen-bond acceptors (Lipinski definition) is 5. The number of hydrogen-bond donors (Lipinski definition) is 1. The predicted octanol–water partition coefficient (Wildman–Crippen LogP) is 4.97. The van der Waals surface area contributed by atoms with Crippen LogP contribution in [0.2, 0.25) is 0 Å². The highest BCUT2D eigenvalue weighted by molar-refractivity contribution is 7.99. The molecule has 2 heterocycles. The van der Waals surface area contributed by atoms with E-state index in [-0.39, 0.29) is 0 Å². The van der Waals surface area contributed by atoms with Crippen LogP contribution in [0, 0.1) is 6.92 Å². The van der Waals surface area contributed by atoms with Crippen LogP contribution >= 0.6 is 23.1 Å². The molecule has 0 atom stereocenters. The zero-order chi connectivity index (χ0) is 14.7. The molecule has 0 radical (unpaired) electrons. The van der Waals surface area contributed by atoms with E-state index in [0.717, 1.165) is 34.2 Å². The third-order valence-corrected chi connectivity index (χ3v) is 4.88. The first-order valence-electron chi connectivity index (χ1n) is 7.00. The van der Waals surface area contributed by atoms with E-state index in [4.69, 9.17) is 0 Å². The lowest BCUT2D eigenvalue weighted by Crippen LogP contribution is -2.04. The Morgan fingerprint density at radius 3 is 2.71 bits per heavy atom. The molecule has 3 rings (SSSR count). The van der Waals surface area contributed by atoms with E-state index in [1.807, 2.05) is 0 Å². The van der Waals surface area contributed by atoms with E-state index >= 15 is 0 Å². The maximum absolute atomic E-state index is 4.68. The van der Waals surface area contributed by atoms with Crippen molar-refractivity contribution in [3.8, 4) is 0 Å². The van der Waals surface area contributed by atoms with Crippen molar-refractivity contribution < 1.29 is 0 Å². The Morgan fingerprint density at radius 2 is 1.95 bits per heavy atom. The van der Waals surface area contributed by atoms with E-state index in [1.165, 1.54) is 10.5 Å². The number of rotatable bonds is 5. The number of aryl methyl sites for hydroxylation is 1. The van der Waals surface area contributed by atoms with Crippen LogP contribution in [0.4, 0.5) is 5.95 Å². The minimum absolute atomic E-state index is 0.724. The van der Waals surface area contributed by atoms with Crippen molar-refractivity contribution in [1.82, 2.24) is 9.97 Å². The van der Waals surface area contributed by atoms with Gasteiger partial charge in [-0.05, 0) is 36.9 Å². The van der Waals surface area contributed by atoms with Crippen molar-refractivity contribution in [3.05, 3.63) is 41.3 Å². The van der Waals surface area contributed by atoms with Crippen LogP contribution < -0.4 is 5.32 Å². The van der Waals surface area contributed by atoms with Gasteiger partial charge in [0.15, 0.2) is 0 Å². The Hall–Kier alpha value is -1.59. The summed E-state index contributed by atoms with van der Waals surface area (Å²) in [5, 5.41) is 7.50. The second-order valence-corrected chi connectivity index (χ2v) is 6.79. The summed E-state index contributed by atoms with van der Waals surface area (Å²) in [6, 6.07) is 10.6. The summed E-state index contributed by atoms with van der Waals surface area (Å²) in [5.41, 5.74) is 1.27. The molecule has 5 heteroatoms. The summed E-state index contributed by atoms with van der Waals surface area (Å²) in [5.74, 6) is 0.724. The second kappa shape index (κ2) is 6.45. The molecular weight excluding hydrogens is 298 g/mol. The average molecular weight is 315 g/mol. The van der Waals surface area contributed by atoms with Crippen molar-refractivity contribution in [3.63, 3.8) is 0 Å². The Kier molecular flexibility index (Phi) is 4.41. The average Bonchev–Trinajstić information content (AvgIpc) is 2.96. The molecule has 0 unspecified atom stereocenters. The molecule has 0 amide bonds. The molecule has 0 saturated carbocycles.